The average molecular weight is 463 g/mol. The van der Waals surface area contributed by atoms with E-state index in [0.717, 1.165) is 16.3 Å². The second kappa shape index (κ2) is 8.51. The van der Waals surface area contributed by atoms with E-state index in [1.165, 1.54) is 36.4 Å². The first-order chi connectivity index (χ1) is 16.0. The van der Waals surface area contributed by atoms with E-state index in [0.29, 0.717) is 16.5 Å². The van der Waals surface area contributed by atoms with Crippen molar-refractivity contribution in [2.45, 2.75) is 5.16 Å². The van der Waals surface area contributed by atoms with E-state index in [1.807, 2.05) is 0 Å². The summed E-state index contributed by atoms with van der Waals surface area (Å²) in [6.07, 6.45) is 0. The Labute approximate surface area is 189 Å². The molecule has 1 amide bonds. The topological polar surface area (TPSA) is 77.1 Å². The molecule has 2 aromatic heterocycles. The van der Waals surface area contributed by atoms with Crippen molar-refractivity contribution in [3.8, 4) is 5.69 Å². The van der Waals surface area contributed by atoms with Gasteiger partial charge in [-0.25, -0.2) is 18.3 Å². The molecule has 33 heavy (non-hydrogen) atoms. The molecule has 3 aromatic carbocycles. The number of benzene rings is 3. The molecule has 1 N–H and O–H groups in total. The largest absolute Gasteiger partial charge is 0.448 e. The Morgan fingerprint density at radius 1 is 0.970 bits per heavy atom. The van der Waals surface area contributed by atoms with Crippen LogP contribution in [-0.4, -0.2) is 21.2 Å². The van der Waals surface area contributed by atoms with Gasteiger partial charge in [0.1, 0.15) is 22.7 Å². The SMILES string of the molecule is O=C(CSc1nc2c(oc3ccccc32)c(=O)n1-c1ccccc1F)Nc1ccccc1F. The molecule has 0 aliphatic carbocycles. The monoisotopic (exact) mass is 463 g/mol. The van der Waals surface area contributed by atoms with Gasteiger partial charge in [0.15, 0.2) is 5.16 Å². The zero-order chi connectivity index (χ0) is 22.9. The summed E-state index contributed by atoms with van der Waals surface area (Å²) >= 11 is 0.934. The molecule has 0 bridgehead atoms. The van der Waals surface area contributed by atoms with Crippen molar-refractivity contribution in [2.75, 3.05) is 11.1 Å². The van der Waals surface area contributed by atoms with Crippen molar-refractivity contribution in [1.82, 2.24) is 9.55 Å². The molecule has 2 heterocycles. The molecule has 0 spiro atoms. The normalized spacial score (nSPS) is 11.2. The first kappa shape index (κ1) is 20.9. The molecule has 6 nitrogen and oxygen atoms in total. The Balaban J connectivity index is 1.59. The van der Waals surface area contributed by atoms with Crippen molar-refractivity contribution in [1.29, 1.82) is 0 Å². The van der Waals surface area contributed by atoms with E-state index in [9.17, 15) is 18.4 Å². The van der Waals surface area contributed by atoms with Gasteiger partial charge in [-0.2, -0.15) is 0 Å². The van der Waals surface area contributed by atoms with Crippen LogP contribution in [0.3, 0.4) is 0 Å². The van der Waals surface area contributed by atoms with Crippen LogP contribution in [0.5, 0.6) is 0 Å². The highest BCUT2D eigenvalue weighted by molar-refractivity contribution is 7.99. The molecule has 0 atom stereocenters. The van der Waals surface area contributed by atoms with Crippen molar-refractivity contribution in [2.24, 2.45) is 0 Å². The third-order valence-corrected chi connectivity index (χ3v) is 5.88. The third-order valence-electron chi connectivity index (χ3n) is 4.94. The van der Waals surface area contributed by atoms with Crippen molar-refractivity contribution < 1.29 is 18.0 Å². The molecule has 0 unspecified atom stereocenters. The summed E-state index contributed by atoms with van der Waals surface area (Å²) in [7, 11) is 0. The van der Waals surface area contributed by atoms with Crippen LogP contribution >= 0.6 is 11.8 Å². The number of hydrogen-bond acceptors (Lipinski definition) is 5. The van der Waals surface area contributed by atoms with Crippen LogP contribution in [-0.2, 0) is 4.79 Å². The highest BCUT2D eigenvalue weighted by Crippen LogP contribution is 2.29. The van der Waals surface area contributed by atoms with Crippen LogP contribution in [0.4, 0.5) is 14.5 Å². The molecule has 0 aliphatic heterocycles. The van der Waals surface area contributed by atoms with Crippen LogP contribution in [0.1, 0.15) is 0 Å². The predicted octanol–water partition coefficient (Wildman–Crippen LogP) is 5.14. The number of thioether (sulfide) groups is 1. The fourth-order valence-electron chi connectivity index (χ4n) is 3.44. The fraction of sp³-hybridized carbons (Fsp3) is 0.0417. The molecule has 0 saturated carbocycles. The summed E-state index contributed by atoms with van der Waals surface area (Å²) in [5.74, 6) is -1.88. The van der Waals surface area contributed by atoms with Gasteiger partial charge in [-0.15, -0.1) is 0 Å². The molecule has 9 heteroatoms. The quantitative estimate of drug-likeness (QED) is 0.289. The van der Waals surface area contributed by atoms with E-state index in [-0.39, 0.29) is 27.9 Å². The Morgan fingerprint density at radius 2 is 1.67 bits per heavy atom. The Bertz CT molecular complexity index is 1580. The third kappa shape index (κ3) is 3.87. The molecule has 0 radical (unpaired) electrons. The lowest BCUT2D eigenvalue weighted by Crippen LogP contribution is -2.23. The lowest BCUT2D eigenvalue weighted by Gasteiger charge is -2.12. The van der Waals surface area contributed by atoms with Crippen molar-refractivity contribution >= 4 is 45.4 Å². The van der Waals surface area contributed by atoms with Crippen LogP contribution in [0.15, 0.2) is 87.2 Å². The predicted molar refractivity (Wildman–Crippen MR) is 123 cm³/mol. The molecule has 0 fully saturated rings. The van der Waals surface area contributed by atoms with Crippen LogP contribution < -0.4 is 10.9 Å². The Morgan fingerprint density at radius 3 is 2.45 bits per heavy atom. The van der Waals surface area contributed by atoms with Crippen molar-refractivity contribution in [3.05, 3.63) is 94.8 Å². The summed E-state index contributed by atoms with van der Waals surface area (Å²) in [6, 6.07) is 18.6. The number of para-hydroxylation sites is 3. The minimum Gasteiger partial charge on any atom is -0.448 e. The van der Waals surface area contributed by atoms with Gasteiger partial charge in [0.05, 0.1) is 17.1 Å². The van der Waals surface area contributed by atoms with Gasteiger partial charge in [-0.3, -0.25) is 9.59 Å². The molecular weight excluding hydrogens is 448 g/mol. The maximum absolute atomic E-state index is 14.6. The van der Waals surface area contributed by atoms with Gasteiger partial charge >= 0.3 is 5.56 Å². The van der Waals surface area contributed by atoms with Crippen LogP contribution in [0, 0.1) is 11.6 Å². The summed E-state index contributed by atoms with van der Waals surface area (Å²) in [6.45, 7) is 0. The zero-order valence-corrected chi connectivity index (χ0v) is 17.7. The number of carbonyl (C=O) groups excluding carboxylic acids is 1. The van der Waals surface area contributed by atoms with E-state index >= 15 is 0 Å². The summed E-state index contributed by atoms with van der Waals surface area (Å²) in [4.78, 5) is 30.4. The van der Waals surface area contributed by atoms with Gasteiger partial charge in [-0.1, -0.05) is 48.2 Å². The minimum absolute atomic E-state index is 0.0142. The number of halogens is 2. The summed E-state index contributed by atoms with van der Waals surface area (Å²) < 4.78 is 35.3. The number of hydrogen-bond donors (Lipinski definition) is 1. The molecular formula is C24H15F2N3O3S. The zero-order valence-electron chi connectivity index (χ0n) is 16.9. The average Bonchev–Trinajstić information content (AvgIpc) is 3.19. The summed E-state index contributed by atoms with van der Waals surface area (Å²) in [5, 5.41) is 3.22. The first-order valence-corrected chi connectivity index (χ1v) is 10.9. The summed E-state index contributed by atoms with van der Waals surface area (Å²) in [5.41, 5.74) is 0.197. The number of furan rings is 1. The van der Waals surface area contributed by atoms with E-state index in [1.54, 1.807) is 36.4 Å². The van der Waals surface area contributed by atoms with E-state index in [2.05, 4.69) is 10.3 Å². The Kier molecular flexibility index (Phi) is 5.39. The van der Waals surface area contributed by atoms with Gasteiger partial charge < -0.3 is 9.73 Å². The van der Waals surface area contributed by atoms with Gasteiger partial charge in [0.25, 0.3) is 0 Å². The van der Waals surface area contributed by atoms with Crippen molar-refractivity contribution in [3.63, 3.8) is 0 Å². The number of amides is 1. The Hall–Kier alpha value is -3.98. The molecule has 5 rings (SSSR count). The molecule has 0 aliphatic rings. The first-order valence-electron chi connectivity index (χ1n) is 9.89. The number of nitrogens with one attached hydrogen (secondary N) is 1. The number of nitrogens with zero attached hydrogens (tertiary/aromatic N) is 2. The minimum atomic E-state index is -0.630. The maximum Gasteiger partial charge on any atom is 0.302 e. The molecule has 0 saturated heterocycles. The highest BCUT2D eigenvalue weighted by atomic mass is 32.2. The number of fused-ring (bicyclic) bond motifs is 3. The molecule has 5 aromatic rings. The van der Waals surface area contributed by atoms with Gasteiger partial charge in [0.2, 0.25) is 11.5 Å². The van der Waals surface area contributed by atoms with E-state index < -0.39 is 23.1 Å². The highest BCUT2D eigenvalue weighted by Gasteiger charge is 2.21. The molecule has 164 valence electrons. The van der Waals surface area contributed by atoms with Gasteiger partial charge in [0, 0.05) is 5.39 Å². The van der Waals surface area contributed by atoms with Gasteiger partial charge in [-0.05, 0) is 36.4 Å². The smallest absolute Gasteiger partial charge is 0.302 e. The number of carbonyl (C=O) groups is 1. The van der Waals surface area contributed by atoms with E-state index in [4.69, 9.17) is 4.42 Å². The van der Waals surface area contributed by atoms with Crippen LogP contribution in [0.25, 0.3) is 27.8 Å². The van der Waals surface area contributed by atoms with Crippen LogP contribution in [0.2, 0.25) is 0 Å². The lowest BCUT2D eigenvalue weighted by molar-refractivity contribution is -0.113. The second-order valence-corrected chi connectivity index (χ2v) is 8.02. The number of anilines is 1. The lowest BCUT2D eigenvalue weighted by atomic mass is 10.2. The maximum atomic E-state index is 14.6. The number of rotatable bonds is 5. The standard InChI is InChI=1S/C24H15F2N3O3S/c25-15-8-2-4-10-17(15)27-20(30)13-33-24-28-21-14-7-1-6-12-19(14)32-22(21)23(31)29(24)18-11-5-3-9-16(18)26/h1-12H,13H2,(H,27,30). The fourth-order valence-corrected chi connectivity index (χ4v) is 4.24. The second-order valence-electron chi connectivity index (χ2n) is 7.08. The number of aromatic nitrogens is 2.